The first kappa shape index (κ1) is 16.0. The molecule has 1 aromatic rings. The van der Waals surface area contributed by atoms with Crippen molar-refractivity contribution in [3.63, 3.8) is 0 Å². The molecule has 5 heteroatoms. The lowest BCUT2D eigenvalue weighted by molar-refractivity contribution is -0.148. The maximum Gasteiger partial charge on any atom is 0.326 e. The number of hydrogen-bond acceptors (Lipinski definition) is 2. The van der Waals surface area contributed by atoms with E-state index in [9.17, 15) is 14.7 Å². The van der Waals surface area contributed by atoms with Gasteiger partial charge in [-0.2, -0.15) is 0 Å². The Labute approximate surface area is 133 Å². The number of nitrogens with zero attached hydrogens (tertiary/aromatic N) is 1. The normalized spacial score (nSPS) is 21.1. The summed E-state index contributed by atoms with van der Waals surface area (Å²) in [4.78, 5) is 25.9. The molecule has 1 aromatic carbocycles. The molecule has 1 aliphatic rings. The molecule has 4 nitrogen and oxygen atoms in total. The van der Waals surface area contributed by atoms with Crippen molar-refractivity contribution in [1.82, 2.24) is 4.90 Å². The molecule has 0 bridgehead atoms. The number of carboxylic acids is 1. The lowest BCUT2D eigenvalue weighted by atomic mass is 9.76. The monoisotopic (exact) mass is 353 g/mol. The van der Waals surface area contributed by atoms with Crippen LogP contribution in [-0.4, -0.2) is 34.5 Å². The number of likely N-dealkylation sites (tertiary alicyclic amines) is 1. The van der Waals surface area contributed by atoms with E-state index in [4.69, 9.17) is 0 Å². The van der Waals surface area contributed by atoms with Gasteiger partial charge in [-0.1, -0.05) is 29.8 Å². The molecule has 1 saturated heterocycles. The van der Waals surface area contributed by atoms with Crippen LogP contribution in [0.4, 0.5) is 0 Å². The highest BCUT2D eigenvalue weighted by Crippen LogP contribution is 2.36. The molecule has 1 atom stereocenters. The number of carbonyl (C=O) groups excluding carboxylic acids is 1. The van der Waals surface area contributed by atoms with Gasteiger partial charge < -0.3 is 10.0 Å². The molecular formula is C16H20BrNO3. The SMILES string of the molecule is Cc1cc(Br)cc(C(=O)N2CCCC(C)(C)C2C(=O)O)c1. The summed E-state index contributed by atoms with van der Waals surface area (Å²) in [6.07, 6.45) is 1.64. The summed E-state index contributed by atoms with van der Waals surface area (Å²) in [5.74, 6) is -1.14. The third-order valence-electron chi connectivity index (χ3n) is 4.06. The summed E-state index contributed by atoms with van der Waals surface area (Å²) in [5, 5.41) is 9.55. The zero-order valence-corrected chi connectivity index (χ0v) is 14.1. The minimum Gasteiger partial charge on any atom is -0.480 e. The summed E-state index contributed by atoms with van der Waals surface area (Å²) < 4.78 is 0.828. The van der Waals surface area contributed by atoms with Crippen molar-refractivity contribution in [3.05, 3.63) is 33.8 Å². The first-order valence-corrected chi connectivity index (χ1v) is 7.82. The van der Waals surface area contributed by atoms with Crippen LogP contribution in [0.1, 0.15) is 42.6 Å². The van der Waals surface area contributed by atoms with Crippen LogP contribution in [0.25, 0.3) is 0 Å². The number of aryl methyl sites for hydroxylation is 1. The summed E-state index contributed by atoms with van der Waals surface area (Å²) in [6.45, 7) is 6.23. The quantitative estimate of drug-likeness (QED) is 0.885. The number of aliphatic carboxylic acids is 1. The summed E-state index contributed by atoms with van der Waals surface area (Å²) in [7, 11) is 0. The van der Waals surface area contributed by atoms with Crippen LogP contribution in [0.3, 0.4) is 0 Å². The number of rotatable bonds is 2. The van der Waals surface area contributed by atoms with Crippen LogP contribution >= 0.6 is 15.9 Å². The lowest BCUT2D eigenvalue weighted by Crippen LogP contribution is -2.56. The van der Waals surface area contributed by atoms with Gasteiger partial charge in [-0.25, -0.2) is 4.79 Å². The Balaban J connectivity index is 2.38. The lowest BCUT2D eigenvalue weighted by Gasteiger charge is -2.44. The van der Waals surface area contributed by atoms with E-state index in [2.05, 4.69) is 15.9 Å². The minimum absolute atomic E-state index is 0.209. The maximum atomic E-state index is 12.7. The third-order valence-corrected chi connectivity index (χ3v) is 4.51. The van der Waals surface area contributed by atoms with Gasteiger partial charge in [0, 0.05) is 16.6 Å². The second-order valence-corrected chi connectivity index (χ2v) is 7.26. The maximum absolute atomic E-state index is 12.7. The zero-order chi connectivity index (χ0) is 15.8. The molecule has 2 rings (SSSR count). The van der Waals surface area contributed by atoms with Crippen LogP contribution in [-0.2, 0) is 4.79 Å². The Morgan fingerprint density at radius 2 is 2.00 bits per heavy atom. The Bertz CT molecular complexity index is 563. The molecule has 0 spiro atoms. The summed E-state index contributed by atoms with van der Waals surface area (Å²) in [5.41, 5.74) is 1.09. The number of carbonyl (C=O) groups is 2. The Morgan fingerprint density at radius 3 is 2.57 bits per heavy atom. The van der Waals surface area contributed by atoms with E-state index in [1.54, 1.807) is 12.1 Å². The molecule has 114 valence electrons. The molecule has 0 aliphatic carbocycles. The van der Waals surface area contributed by atoms with Crippen molar-refractivity contribution in [2.24, 2.45) is 5.41 Å². The molecule has 0 aromatic heterocycles. The van der Waals surface area contributed by atoms with Gasteiger partial charge in [0.05, 0.1) is 0 Å². The van der Waals surface area contributed by atoms with Crippen LogP contribution in [0.2, 0.25) is 0 Å². The van der Waals surface area contributed by atoms with Crippen molar-refractivity contribution < 1.29 is 14.7 Å². The van der Waals surface area contributed by atoms with E-state index >= 15 is 0 Å². The second kappa shape index (κ2) is 5.79. The number of hydrogen-bond donors (Lipinski definition) is 1. The molecule has 1 unspecified atom stereocenters. The minimum atomic E-state index is -0.931. The van der Waals surface area contributed by atoms with Crippen molar-refractivity contribution in [2.75, 3.05) is 6.54 Å². The average Bonchev–Trinajstić information content (AvgIpc) is 2.34. The highest BCUT2D eigenvalue weighted by molar-refractivity contribution is 9.10. The van der Waals surface area contributed by atoms with Crippen molar-refractivity contribution in [3.8, 4) is 0 Å². The van der Waals surface area contributed by atoms with E-state index in [1.165, 1.54) is 4.90 Å². The van der Waals surface area contributed by atoms with E-state index in [0.29, 0.717) is 12.1 Å². The molecule has 21 heavy (non-hydrogen) atoms. The van der Waals surface area contributed by atoms with Gasteiger partial charge >= 0.3 is 5.97 Å². The van der Waals surface area contributed by atoms with Gasteiger partial charge in [0.15, 0.2) is 0 Å². The fraction of sp³-hybridized carbons (Fsp3) is 0.500. The first-order valence-electron chi connectivity index (χ1n) is 7.03. The van der Waals surface area contributed by atoms with Gasteiger partial charge in [-0.3, -0.25) is 4.79 Å². The topological polar surface area (TPSA) is 57.6 Å². The zero-order valence-electron chi connectivity index (χ0n) is 12.5. The molecular weight excluding hydrogens is 334 g/mol. The van der Waals surface area contributed by atoms with E-state index < -0.39 is 17.4 Å². The largest absolute Gasteiger partial charge is 0.480 e. The van der Waals surface area contributed by atoms with Gasteiger partial charge in [0.2, 0.25) is 0 Å². The Hall–Kier alpha value is -1.36. The van der Waals surface area contributed by atoms with E-state index in [-0.39, 0.29) is 5.91 Å². The van der Waals surface area contributed by atoms with E-state index in [1.807, 2.05) is 26.8 Å². The molecule has 0 radical (unpaired) electrons. The number of halogens is 1. The Kier molecular flexibility index (Phi) is 4.42. The standard InChI is InChI=1S/C16H20BrNO3/c1-10-7-11(9-12(17)8-10)14(19)18-6-4-5-16(2,3)13(18)15(20)21/h7-9,13H,4-6H2,1-3H3,(H,20,21). The van der Waals surface area contributed by atoms with E-state index in [0.717, 1.165) is 22.9 Å². The highest BCUT2D eigenvalue weighted by atomic mass is 79.9. The predicted octanol–water partition coefficient (Wildman–Crippen LogP) is 3.47. The van der Waals surface area contributed by atoms with Crippen molar-refractivity contribution in [2.45, 2.75) is 39.7 Å². The predicted molar refractivity (Wildman–Crippen MR) is 84.4 cm³/mol. The van der Waals surface area contributed by atoms with Gasteiger partial charge in [0.1, 0.15) is 6.04 Å². The molecule has 0 saturated carbocycles. The number of piperidine rings is 1. The Morgan fingerprint density at radius 1 is 1.33 bits per heavy atom. The number of benzene rings is 1. The first-order chi connectivity index (χ1) is 9.72. The van der Waals surface area contributed by atoms with Crippen molar-refractivity contribution >= 4 is 27.8 Å². The van der Waals surface area contributed by atoms with Gasteiger partial charge in [0.25, 0.3) is 5.91 Å². The molecule has 1 amide bonds. The third kappa shape index (κ3) is 3.28. The highest BCUT2D eigenvalue weighted by Gasteiger charge is 2.44. The van der Waals surface area contributed by atoms with Crippen LogP contribution in [0, 0.1) is 12.3 Å². The second-order valence-electron chi connectivity index (χ2n) is 6.35. The average molecular weight is 354 g/mol. The molecule has 1 aliphatic heterocycles. The molecule has 1 heterocycles. The number of carboxylic acid groups (broad SMARTS) is 1. The van der Waals surface area contributed by atoms with Gasteiger partial charge in [-0.15, -0.1) is 0 Å². The smallest absolute Gasteiger partial charge is 0.326 e. The molecule has 1 N–H and O–H groups in total. The fourth-order valence-corrected chi connectivity index (χ4v) is 3.71. The van der Waals surface area contributed by atoms with Crippen LogP contribution < -0.4 is 0 Å². The van der Waals surface area contributed by atoms with Crippen LogP contribution in [0.15, 0.2) is 22.7 Å². The summed E-state index contributed by atoms with van der Waals surface area (Å²) in [6, 6.07) is 4.69. The number of amides is 1. The van der Waals surface area contributed by atoms with Gasteiger partial charge in [-0.05, 0) is 48.9 Å². The fourth-order valence-electron chi connectivity index (χ4n) is 3.10. The summed E-state index contributed by atoms with van der Waals surface area (Å²) >= 11 is 3.38. The molecule has 1 fully saturated rings. The van der Waals surface area contributed by atoms with Crippen LogP contribution in [0.5, 0.6) is 0 Å². The van der Waals surface area contributed by atoms with Crippen molar-refractivity contribution in [1.29, 1.82) is 0 Å².